The van der Waals surface area contributed by atoms with E-state index in [1.807, 2.05) is 5.32 Å². The van der Waals surface area contributed by atoms with Gasteiger partial charge in [-0.1, -0.05) is 6.58 Å². The second-order valence-electron chi connectivity index (χ2n) is 2.07. The van der Waals surface area contributed by atoms with Gasteiger partial charge in [-0.25, -0.2) is 9.59 Å². The molecule has 0 aromatic rings. The Kier molecular flexibility index (Phi) is 1.34. The van der Waals surface area contributed by atoms with Crippen LogP contribution in [-0.4, -0.2) is 27.9 Å². The van der Waals surface area contributed by atoms with E-state index in [1.54, 1.807) is 5.32 Å². The number of aliphatic carboxylic acids is 1. The number of urea groups is 1. The Bertz CT molecular complexity index is 249. The van der Waals surface area contributed by atoms with Crippen molar-refractivity contribution in [2.24, 2.45) is 0 Å². The van der Waals surface area contributed by atoms with Gasteiger partial charge in [-0.2, -0.15) is 0 Å². The second kappa shape index (κ2) is 1.96. The molecule has 2 amide bonds. The first-order valence-corrected chi connectivity index (χ1v) is 2.71. The van der Waals surface area contributed by atoms with E-state index in [1.165, 1.54) is 0 Å². The number of amides is 2. The molecule has 0 spiro atoms. The molecule has 1 heterocycles. The average Bonchev–Trinajstić information content (AvgIpc) is 2.08. The lowest BCUT2D eigenvalue weighted by molar-refractivity contribution is -0.155. The molecule has 0 aliphatic carbocycles. The highest BCUT2D eigenvalue weighted by atomic mass is 16.4. The molecule has 0 aromatic carbocycles. The molecule has 6 nitrogen and oxygen atoms in total. The molecule has 1 fully saturated rings. The van der Waals surface area contributed by atoms with Crippen LogP contribution in [0.3, 0.4) is 0 Å². The zero-order valence-electron chi connectivity index (χ0n) is 5.42. The quantitative estimate of drug-likeness (QED) is 0.376. The van der Waals surface area contributed by atoms with Crippen molar-refractivity contribution < 1.29 is 19.8 Å². The van der Waals surface area contributed by atoms with Crippen molar-refractivity contribution in [2.45, 2.75) is 5.72 Å². The summed E-state index contributed by atoms with van der Waals surface area (Å²) in [6.07, 6.45) is 0. The van der Waals surface area contributed by atoms with E-state index >= 15 is 0 Å². The third-order valence-electron chi connectivity index (χ3n) is 1.31. The van der Waals surface area contributed by atoms with Crippen molar-refractivity contribution >= 4 is 12.0 Å². The van der Waals surface area contributed by atoms with Crippen LogP contribution in [0.1, 0.15) is 0 Å². The molecule has 4 N–H and O–H groups in total. The molecule has 6 heteroatoms. The van der Waals surface area contributed by atoms with Crippen LogP contribution in [-0.2, 0) is 4.79 Å². The first kappa shape index (κ1) is 7.55. The van der Waals surface area contributed by atoms with Crippen molar-refractivity contribution in [3.05, 3.63) is 12.3 Å². The number of carbonyl (C=O) groups excluding carboxylic acids is 1. The number of carboxylic acids is 1. The lowest BCUT2D eigenvalue weighted by atomic mass is 10.2. The largest absolute Gasteiger partial charge is 0.477 e. The van der Waals surface area contributed by atoms with Gasteiger partial charge in [-0.3, -0.25) is 5.32 Å². The molecule has 0 bridgehead atoms. The highest BCUT2D eigenvalue weighted by Gasteiger charge is 2.46. The number of aliphatic hydroxyl groups is 1. The summed E-state index contributed by atoms with van der Waals surface area (Å²) in [5.41, 5.74) is -2.65. The van der Waals surface area contributed by atoms with Crippen LogP contribution in [0.2, 0.25) is 0 Å². The van der Waals surface area contributed by atoms with Crippen LogP contribution in [0.5, 0.6) is 0 Å². The van der Waals surface area contributed by atoms with E-state index in [0.717, 1.165) is 0 Å². The summed E-state index contributed by atoms with van der Waals surface area (Å²) in [4.78, 5) is 20.8. The Morgan fingerprint density at radius 3 is 2.36 bits per heavy atom. The third-order valence-corrected chi connectivity index (χ3v) is 1.31. The molecule has 0 saturated carbocycles. The molecular formula is C5H6N2O4. The van der Waals surface area contributed by atoms with Gasteiger partial charge in [0.1, 0.15) is 0 Å². The lowest BCUT2D eigenvalue weighted by Crippen LogP contribution is -2.49. The van der Waals surface area contributed by atoms with Gasteiger partial charge in [0.15, 0.2) is 0 Å². The lowest BCUT2D eigenvalue weighted by Gasteiger charge is -2.15. The van der Waals surface area contributed by atoms with E-state index in [9.17, 15) is 9.59 Å². The van der Waals surface area contributed by atoms with Crippen molar-refractivity contribution in [3.8, 4) is 0 Å². The van der Waals surface area contributed by atoms with Crippen LogP contribution < -0.4 is 10.6 Å². The summed E-state index contributed by atoms with van der Waals surface area (Å²) < 4.78 is 0. The molecule has 60 valence electrons. The number of nitrogens with one attached hydrogen (secondary N) is 2. The summed E-state index contributed by atoms with van der Waals surface area (Å²) in [5, 5.41) is 21.3. The molecule has 1 saturated heterocycles. The monoisotopic (exact) mass is 158 g/mol. The second-order valence-corrected chi connectivity index (χ2v) is 2.07. The SMILES string of the molecule is C=C1NC(=O)NC1(O)C(=O)O. The van der Waals surface area contributed by atoms with Gasteiger partial charge in [0, 0.05) is 0 Å². The summed E-state index contributed by atoms with van der Waals surface area (Å²) in [7, 11) is 0. The molecule has 1 unspecified atom stereocenters. The first-order valence-electron chi connectivity index (χ1n) is 2.71. The number of carbonyl (C=O) groups is 2. The van der Waals surface area contributed by atoms with E-state index in [4.69, 9.17) is 10.2 Å². The van der Waals surface area contributed by atoms with E-state index in [-0.39, 0.29) is 5.70 Å². The Balaban J connectivity index is 2.96. The fraction of sp³-hybridized carbons (Fsp3) is 0.200. The third kappa shape index (κ3) is 0.926. The summed E-state index contributed by atoms with van der Waals surface area (Å²) >= 11 is 0. The predicted molar refractivity (Wildman–Crippen MR) is 33.4 cm³/mol. The standard InChI is InChI=1S/C5H6N2O4/c1-2-5(11,3(8)9)7-4(10)6-2/h11H,1H2,(H,8,9)(H2,6,7,10). The smallest absolute Gasteiger partial charge is 0.363 e. The summed E-state index contributed by atoms with van der Waals surface area (Å²) in [5.74, 6) is -1.57. The maximum absolute atomic E-state index is 10.5. The van der Waals surface area contributed by atoms with Crippen LogP contribution in [0.4, 0.5) is 4.79 Å². The molecule has 1 atom stereocenters. The van der Waals surface area contributed by atoms with Gasteiger partial charge < -0.3 is 15.5 Å². The minimum Gasteiger partial charge on any atom is -0.477 e. The molecule has 11 heavy (non-hydrogen) atoms. The number of hydrogen-bond acceptors (Lipinski definition) is 3. The van der Waals surface area contributed by atoms with Crippen LogP contribution in [0, 0.1) is 0 Å². The zero-order chi connectivity index (χ0) is 8.65. The zero-order valence-corrected chi connectivity index (χ0v) is 5.42. The normalized spacial score (nSPS) is 29.5. The molecule has 1 aliphatic rings. The number of hydrogen-bond donors (Lipinski definition) is 4. The van der Waals surface area contributed by atoms with Crippen LogP contribution in [0.15, 0.2) is 12.3 Å². The molecule has 1 rings (SSSR count). The van der Waals surface area contributed by atoms with Gasteiger partial charge in [0.2, 0.25) is 0 Å². The highest BCUT2D eigenvalue weighted by molar-refractivity contribution is 5.93. The highest BCUT2D eigenvalue weighted by Crippen LogP contribution is 2.14. The Morgan fingerprint density at radius 2 is 2.18 bits per heavy atom. The van der Waals surface area contributed by atoms with Gasteiger partial charge in [-0.15, -0.1) is 0 Å². The van der Waals surface area contributed by atoms with Crippen molar-refractivity contribution in [2.75, 3.05) is 0 Å². The minimum atomic E-state index is -2.36. The fourth-order valence-electron chi connectivity index (χ4n) is 0.681. The summed E-state index contributed by atoms with van der Waals surface area (Å²) in [6.45, 7) is 3.15. The Labute approximate surface area is 61.5 Å². The van der Waals surface area contributed by atoms with Gasteiger partial charge in [0.05, 0.1) is 5.70 Å². The maximum Gasteiger partial charge on any atom is 0.363 e. The van der Waals surface area contributed by atoms with Crippen LogP contribution >= 0.6 is 0 Å². The minimum absolute atomic E-state index is 0.282. The van der Waals surface area contributed by atoms with Gasteiger partial charge in [0.25, 0.3) is 5.72 Å². The van der Waals surface area contributed by atoms with Crippen molar-refractivity contribution in [3.63, 3.8) is 0 Å². The fourth-order valence-corrected chi connectivity index (χ4v) is 0.681. The average molecular weight is 158 g/mol. The summed E-state index contributed by atoms with van der Waals surface area (Å²) in [6, 6.07) is -0.778. The Morgan fingerprint density at radius 1 is 1.64 bits per heavy atom. The van der Waals surface area contributed by atoms with E-state index in [2.05, 4.69) is 6.58 Å². The van der Waals surface area contributed by atoms with Crippen LogP contribution in [0.25, 0.3) is 0 Å². The Hall–Kier alpha value is -1.56. The molecule has 0 aromatic heterocycles. The predicted octanol–water partition coefficient (Wildman–Crippen LogP) is -1.41. The first-order chi connectivity index (χ1) is 4.97. The maximum atomic E-state index is 10.5. The molecule has 1 aliphatic heterocycles. The van der Waals surface area contributed by atoms with Gasteiger partial charge in [-0.05, 0) is 0 Å². The number of carboxylic acid groups (broad SMARTS) is 1. The van der Waals surface area contributed by atoms with E-state index in [0.29, 0.717) is 0 Å². The molecule has 0 radical (unpaired) electrons. The van der Waals surface area contributed by atoms with E-state index < -0.39 is 17.7 Å². The van der Waals surface area contributed by atoms with Gasteiger partial charge >= 0.3 is 12.0 Å². The van der Waals surface area contributed by atoms with Crippen molar-refractivity contribution in [1.82, 2.24) is 10.6 Å². The topological polar surface area (TPSA) is 98.7 Å². The van der Waals surface area contributed by atoms with Crippen molar-refractivity contribution in [1.29, 1.82) is 0 Å². The number of rotatable bonds is 1. The molecular weight excluding hydrogens is 152 g/mol.